The summed E-state index contributed by atoms with van der Waals surface area (Å²) in [6.45, 7) is 0. The quantitative estimate of drug-likeness (QED) is 0.811. The Morgan fingerprint density at radius 2 is 1.53 bits per heavy atom. The second-order valence-electron chi connectivity index (χ2n) is 3.57. The van der Waals surface area contributed by atoms with E-state index in [1.165, 1.54) is 12.1 Å². The van der Waals surface area contributed by atoms with Gasteiger partial charge in [-0.15, -0.1) is 0 Å². The Bertz CT molecular complexity index is 528. The number of hydrogen-bond donors (Lipinski definition) is 1. The van der Waals surface area contributed by atoms with Crippen LogP contribution in [0.5, 0.6) is 0 Å². The van der Waals surface area contributed by atoms with Gasteiger partial charge >= 0.3 is 0 Å². The van der Waals surface area contributed by atoms with Gasteiger partial charge in [0.2, 0.25) is 0 Å². The number of aliphatic hydroxyl groups excluding tert-OH is 1. The fourth-order valence-electron chi connectivity index (χ4n) is 1.60. The minimum absolute atomic E-state index is 0.00497. The summed E-state index contributed by atoms with van der Waals surface area (Å²) in [5.41, 5.74) is 0.570. The molecule has 1 nitrogen and oxygen atoms in total. The largest absolute Gasteiger partial charge is 0.383 e. The molecule has 1 unspecified atom stereocenters. The maximum atomic E-state index is 13.8. The molecule has 0 aliphatic heterocycles. The van der Waals surface area contributed by atoms with Crippen molar-refractivity contribution >= 4 is 23.2 Å². The topological polar surface area (TPSA) is 20.2 Å². The van der Waals surface area contributed by atoms with Crippen molar-refractivity contribution in [2.24, 2.45) is 0 Å². The zero-order chi connectivity index (χ0) is 12.4. The molecular formula is C13H9Cl2FO. The van der Waals surface area contributed by atoms with Gasteiger partial charge in [-0.25, -0.2) is 4.39 Å². The summed E-state index contributed by atoms with van der Waals surface area (Å²) >= 11 is 11.6. The van der Waals surface area contributed by atoms with Crippen LogP contribution in [0.2, 0.25) is 10.0 Å². The lowest BCUT2D eigenvalue weighted by Gasteiger charge is -2.14. The summed E-state index contributed by atoms with van der Waals surface area (Å²) in [5.74, 6) is -0.685. The van der Waals surface area contributed by atoms with E-state index in [-0.39, 0.29) is 15.6 Å². The molecule has 0 saturated heterocycles. The molecule has 4 heteroatoms. The minimum atomic E-state index is -1.12. The average molecular weight is 271 g/mol. The molecule has 0 aliphatic carbocycles. The molecule has 1 atom stereocenters. The number of halogens is 3. The molecule has 0 radical (unpaired) electrons. The van der Waals surface area contributed by atoms with E-state index in [9.17, 15) is 9.50 Å². The molecule has 88 valence electrons. The van der Waals surface area contributed by atoms with Gasteiger partial charge in [-0.1, -0.05) is 53.5 Å². The number of hydrogen-bond acceptors (Lipinski definition) is 1. The van der Waals surface area contributed by atoms with Crippen LogP contribution in [0.25, 0.3) is 0 Å². The molecule has 1 N–H and O–H groups in total. The summed E-state index contributed by atoms with van der Waals surface area (Å²) in [4.78, 5) is 0. The molecule has 0 aliphatic rings. The van der Waals surface area contributed by atoms with Crippen molar-refractivity contribution in [3.63, 3.8) is 0 Å². The van der Waals surface area contributed by atoms with Crippen molar-refractivity contribution < 1.29 is 9.50 Å². The molecule has 0 bridgehead atoms. The van der Waals surface area contributed by atoms with Gasteiger partial charge in [0.25, 0.3) is 0 Å². The van der Waals surface area contributed by atoms with Crippen LogP contribution in [-0.2, 0) is 0 Å². The second-order valence-corrected chi connectivity index (χ2v) is 4.38. The molecule has 0 amide bonds. The highest BCUT2D eigenvalue weighted by atomic mass is 35.5. The van der Waals surface area contributed by atoms with Crippen molar-refractivity contribution in [2.45, 2.75) is 6.10 Å². The van der Waals surface area contributed by atoms with Crippen molar-refractivity contribution in [3.8, 4) is 0 Å². The summed E-state index contributed by atoms with van der Waals surface area (Å²) < 4.78 is 13.8. The predicted molar refractivity (Wildman–Crippen MR) is 66.9 cm³/mol. The third-order valence-corrected chi connectivity index (χ3v) is 3.09. The van der Waals surface area contributed by atoms with Gasteiger partial charge in [0.15, 0.2) is 0 Å². The number of benzene rings is 2. The molecule has 2 rings (SSSR count). The Kier molecular flexibility index (Phi) is 3.67. The van der Waals surface area contributed by atoms with Crippen LogP contribution >= 0.6 is 23.2 Å². The Morgan fingerprint density at radius 1 is 0.941 bits per heavy atom. The normalized spacial score (nSPS) is 12.5. The summed E-state index contributed by atoms with van der Waals surface area (Å²) in [6.07, 6.45) is -1.12. The van der Waals surface area contributed by atoms with E-state index in [2.05, 4.69) is 0 Å². The highest BCUT2D eigenvalue weighted by molar-refractivity contribution is 6.33. The molecule has 2 aromatic carbocycles. The van der Waals surface area contributed by atoms with E-state index < -0.39 is 11.9 Å². The van der Waals surface area contributed by atoms with E-state index in [4.69, 9.17) is 23.2 Å². The van der Waals surface area contributed by atoms with Crippen molar-refractivity contribution in [2.75, 3.05) is 0 Å². The van der Waals surface area contributed by atoms with Crippen LogP contribution in [-0.4, -0.2) is 5.11 Å². The molecule has 0 heterocycles. The maximum absolute atomic E-state index is 13.8. The summed E-state index contributed by atoms with van der Waals surface area (Å²) in [7, 11) is 0. The van der Waals surface area contributed by atoms with Crippen LogP contribution in [0, 0.1) is 5.82 Å². The predicted octanol–water partition coefficient (Wildman–Crippen LogP) is 4.21. The van der Waals surface area contributed by atoms with Gasteiger partial charge in [0.1, 0.15) is 11.9 Å². The highest BCUT2D eigenvalue weighted by Gasteiger charge is 2.20. The van der Waals surface area contributed by atoms with Crippen LogP contribution in [0.4, 0.5) is 4.39 Å². The first kappa shape index (κ1) is 12.4. The lowest BCUT2D eigenvalue weighted by atomic mass is 10.0. The van der Waals surface area contributed by atoms with E-state index >= 15 is 0 Å². The Labute approximate surface area is 108 Å². The maximum Gasteiger partial charge on any atom is 0.149 e. The fraction of sp³-hybridized carbons (Fsp3) is 0.0769. The SMILES string of the molecule is OC(c1ccccc1)c1c(Cl)ccc(Cl)c1F. The molecule has 17 heavy (non-hydrogen) atoms. The zero-order valence-electron chi connectivity index (χ0n) is 8.70. The van der Waals surface area contributed by atoms with Gasteiger partial charge in [-0.05, 0) is 17.7 Å². The lowest BCUT2D eigenvalue weighted by Crippen LogP contribution is -2.04. The number of rotatable bonds is 2. The number of aliphatic hydroxyl groups is 1. The minimum Gasteiger partial charge on any atom is -0.383 e. The molecule has 0 saturated carbocycles. The van der Waals surface area contributed by atoms with Crippen molar-refractivity contribution in [1.82, 2.24) is 0 Å². The van der Waals surface area contributed by atoms with Crippen LogP contribution in [0.1, 0.15) is 17.2 Å². The Hall–Kier alpha value is -1.09. The first-order chi connectivity index (χ1) is 8.11. The van der Waals surface area contributed by atoms with E-state index in [0.717, 1.165) is 0 Å². The summed E-state index contributed by atoms with van der Waals surface area (Å²) in [5, 5.41) is 10.2. The first-order valence-electron chi connectivity index (χ1n) is 4.97. The van der Waals surface area contributed by atoms with Crippen LogP contribution < -0.4 is 0 Å². The van der Waals surface area contributed by atoms with Gasteiger partial charge < -0.3 is 5.11 Å². The van der Waals surface area contributed by atoms with Gasteiger partial charge in [-0.3, -0.25) is 0 Å². The monoisotopic (exact) mass is 270 g/mol. The van der Waals surface area contributed by atoms with Crippen molar-refractivity contribution in [1.29, 1.82) is 0 Å². The standard InChI is InChI=1S/C13H9Cl2FO/c14-9-6-7-10(15)12(16)11(9)13(17)8-4-2-1-3-5-8/h1-7,13,17H. The van der Waals surface area contributed by atoms with E-state index in [0.29, 0.717) is 5.56 Å². The molecule has 0 spiro atoms. The van der Waals surface area contributed by atoms with Gasteiger partial charge in [0.05, 0.1) is 5.02 Å². The molecular weight excluding hydrogens is 262 g/mol. The Morgan fingerprint density at radius 3 is 2.18 bits per heavy atom. The van der Waals surface area contributed by atoms with E-state index in [1.54, 1.807) is 24.3 Å². The molecule has 0 fully saturated rings. The van der Waals surface area contributed by atoms with Crippen LogP contribution in [0.15, 0.2) is 42.5 Å². The third-order valence-electron chi connectivity index (χ3n) is 2.47. The second kappa shape index (κ2) is 5.05. The van der Waals surface area contributed by atoms with Crippen molar-refractivity contribution in [3.05, 3.63) is 69.5 Å². The van der Waals surface area contributed by atoms with Crippen LogP contribution in [0.3, 0.4) is 0 Å². The average Bonchev–Trinajstić information content (AvgIpc) is 2.35. The zero-order valence-corrected chi connectivity index (χ0v) is 10.2. The third kappa shape index (κ3) is 2.44. The van der Waals surface area contributed by atoms with Gasteiger partial charge in [0, 0.05) is 10.6 Å². The summed E-state index contributed by atoms with van der Waals surface area (Å²) in [6, 6.07) is 11.5. The van der Waals surface area contributed by atoms with Gasteiger partial charge in [-0.2, -0.15) is 0 Å². The van der Waals surface area contributed by atoms with E-state index in [1.807, 2.05) is 6.07 Å². The Balaban J connectivity index is 2.51. The highest BCUT2D eigenvalue weighted by Crippen LogP contribution is 2.33. The molecule has 0 aromatic heterocycles. The smallest absolute Gasteiger partial charge is 0.149 e. The fourth-order valence-corrected chi connectivity index (χ4v) is 2.01. The molecule has 2 aromatic rings. The lowest BCUT2D eigenvalue weighted by molar-refractivity contribution is 0.215. The first-order valence-corrected chi connectivity index (χ1v) is 5.73.